The molecule has 2 aromatic carbocycles. The molecule has 0 N–H and O–H groups in total. The molecule has 0 aromatic heterocycles. The summed E-state index contributed by atoms with van der Waals surface area (Å²) in [5, 5.41) is 0. The van der Waals surface area contributed by atoms with E-state index in [9.17, 15) is 4.79 Å². The van der Waals surface area contributed by atoms with Gasteiger partial charge in [0.1, 0.15) is 22.8 Å². The van der Waals surface area contributed by atoms with Gasteiger partial charge in [0.15, 0.2) is 17.3 Å². The van der Waals surface area contributed by atoms with Gasteiger partial charge in [-0.25, -0.2) is 0 Å². The molecule has 0 amide bonds. The van der Waals surface area contributed by atoms with Gasteiger partial charge < -0.3 is 28.4 Å². The smallest absolute Gasteiger partial charge is 0.203 e. The van der Waals surface area contributed by atoms with Crippen LogP contribution in [0.25, 0.3) is 6.08 Å². The molecule has 7 heteroatoms. The van der Waals surface area contributed by atoms with E-state index in [1.165, 1.54) is 48.7 Å². The number of carbonyl (C=O) groups excluding carboxylic acids is 1. The second-order valence-corrected chi connectivity index (χ2v) is 5.56. The number of carbonyl (C=O) groups is 1. The molecule has 0 bridgehead atoms. The topological polar surface area (TPSA) is 72.5 Å². The van der Waals surface area contributed by atoms with Gasteiger partial charge in [-0.2, -0.15) is 0 Å². The summed E-state index contributed by atoms with van der Waals surface area (Å²) in [7, 11) is 9.08. The van der Waals surface area contributed by atoms with Crippen molar-refractivity contribution in [1.29, 1.82) is 0 Å². The van der Waals surface area contributed by atoms with E-state index in [-0.39, 0.29) is 5.78 Å². The van der Waals surface area contributed by atoms with E-state index in [2.05, 4.69) is 0 Å². The molecular formula is C21H24O7. The first-order valence-corrected chi connectivity index (χ1v) is 8.35. The molecule has 0 saturated carbocycles. The fourth-order valence-electron chi connectivity index (χ4n) is 2.70. The lowest BCUT2D eigenvalue weighted by molar-refractivity contribution is 0.104. The largest absolute Gasteiger partial charge is 0.496 e. The molecule has 0 fully saturated rings. The second-order valence-electron chi connectivity index (χ2n) is 5.56. The van der Waals surface area contributed by atoms with Crippen molar-refractivity contribution < 1.29 is 33.2 Å². The van der Waals surface area contributed by atoms with E-state index in [0.29, 0.717) is 45.6 Å². The van der Waals surface area contributed by atoms with E-state index in [1.807, 2.05) is 0 Å². The molecular weight excluding hydrogens is 364 g/mol. The van der Waals surface area contributed by atoms with Gasteiger partial charge in [-0.15, -0.1) is 0 Å². The number of methoxy groups -OCH3 is 6. The predicted octanol–water partition coefficient (Wildman–Crippen LogP) is 3.63. The van der Waals surface area contributed by atoms with Crippen LogP contribution in [0.1, 0.15) is 15.9 Å². The van der Waals surface area contributed by atoms with E-state index in [0.717, 1.165) is 0 Å². The molecule has 0 spiro atoms. The lowest BCUT2D eigenvalue weighted by Crippen LogP contribution is -2.03. The van der Waals surface area contributed by atoms with E-state index < -0.39 is 0 Å². The van der Waals surface area contributed by atoms with Crippen LogP contribution in [-0.4, -0.2) is 48.4 Å². The summed E-state index contributed by atoms with van der Waals surface area (Å²) in [6, 6.07) is 6.74. The molecule has 0 heterocycles. The first-order valence-electron chi connectivity index (χ1n) is 8.35. The summed E-state index contributed by atoms with van der Waals surface area (Å²) in [5.41, 5.74) is 1.00. The Morgan fingerprint density at radius 1 is 0.679 bits per heavy atom. The quantitative estimate of drug-likeness (QED) is 0.480. The highest BCUT2D eigenvalue weighted by atomic mass is 16.5. The lowest BCUT2D eigenvalue weighted by atomic mass is 10.1. The Hall–Kier alpha value is -3.35. The van der Waals surface area contributed by atoms with Crippen LogP contribution in [0.4, 0.5) is 0 Å². The Morgan fingerprint density at radius 3 is 1.57 bits per heavy atom. The van der Waals surface area contributed by atoms with Gasteiger partial charge in [-0.1, -0.05) is 6.08 Å². The van der Waals surface area contributed by atoms with E-state index in [1.54, 1.807) is 30.3 Å². The Kier molecular flexibility index (Phi) is 7.14. The first kappa shape index (κ1) is 21.0. The second kappa shape index (κ2) is 9.55. The highest BCUT2D eigenvalue weighted by Gasteiger charge is 2.19. The Labute approximate surface area is 164 Å². The number of rotatable bonds is 9. The molecule has 0 saturated heterocycles. The fraction of sp³-hybridized carbons (Fsp3) is 0.286. The van der Waals surface area contributed by atoms with Crippen molar-refractivity contribution in [3.05, 3.63) is 41.5 Å². The zero-order valence-electron chi connectivity index (χ0n) is 16.8. The van der Waals surface area contributed by atoms with Crippen LogP contribution in [0, 0.1) is 0 Å². The maximum atomic E-state index is 12.8. The predicted molar refractivity (Wildman–Crippen MR) is 106 cm³/mol. The third-order valence-corrected chi connectivity index (χ3v) is 4.08. The third kappa shape index (κ3) is 4.31. The number of allylic oxidation sites excluding steroid dienone is 1. The zero-order chi connectivity index (χ0) is 20.7. The molecule has 2 aromatic rings. The normalized spacial score (nSPS) is 10.5. The maximum absolute atomic E-state index is 12.8. The van der Waals surface area contributed by atoms with E-state index >= 15 is 0 Å². The van der Waals surface area contributed by atoms with E-state index in [4.69, 9.17) is 28.4 Å². The molecule has 0 aliphatic heterocycles. The summed E-state index contributed by atoms with van der Waals surface area (Å²) >= 11 is 0. The molecule has 0 unspecified atom stereocenters. The average Bonchev–Trinajstić information content (AvgIpc) is 2.75. The minimum Gasteiger partial charge on any atom is -0.496 e. The lowest BCUT2D eigenvalue weighted by Gasteiger charge is -2.13. The van der Waals surface area contributed by atoms with Crippen molar-refractivity contribution in [2.75, 3.05) is 42.7 Å². The minimum atomic E-state index is -0.287. The van der Waals surface area contributed by atoms with Gasteiger partial charge in [0.2, 0.25) is 5.75 Å². The molecule has 28 heavy (non-hydrogen) atoms. The molecule has 0 atom stereocenters. The number of ketones is 1. The van der Waals surface area contributed by atoms with Crippen LogP contribution in [-0.2, 0) is 0 Å². The van der Waals surface area contributed by atoms with Crippen LogP contribution < -0.4 is 28.4 Å². The van der Waals surface area contributed by atoms with Gasteiger partial charge in [0.05, 0.1) is 42.7 Å². The number of ether oxygens (including phenoxy) is 6. The van der Waals surface area contributed by atoms with Crippen molar-refractivity contribution in [2.24, 2.45) is 0 Å². The Balaban J connectivity index is 2.44. The van der Waals surface area contributed by atoms with Gasteiger partial charge in [0, 0.05) is 12.1 Å². The summed E-state index contributed by atoms with van der Waals surface area (Å²) in [5.74, 6) is 2.42. The van der Waals surface area contributed by atoms with Crippen molar-refractivity contribution in [1.82, 2.24) is 0 Å². The van der Waals surface area contributed by atoms with Crippen LogP contribution in [0.2, 0.25) is 0 Å². The minimum absolute atomic E-state index is 0.287. The van der Waals surface area contributed by atoms with Crippen LogP contribution in [0.5, 0.6) is 34.5 Å². The van der Waals surface area contributed by atoms with Gasteiger partial charge >= 0.3 is 0 Å². The molecule has 150 valence electrons. The van der Waals surface area contributed by atoms with Crippen LogP contribution in [0.3, 0.4) is 0 Å². The van der Waals surface area contributed by atoms with Crippen molar-refractivity contribution >= 4 is 11.9 Å². The molecule has 2 rings (SSSR count). The number of hydrogen-bond donors (Lipinski definition) is 0. The van der Waals surface area contributed by atoms with Gasteiger partial charge in [0.25, 0.3) is 0 Å². The Bertz CT molecular complexity index is 821. The summed E-state index contributed by atoms with van der Waals surface area (Å²) in [6.07, 6.45) is 3.07. The number of hydrogen-bond acceptors (Lipinski definition) is 7. The van der Waals surface area contributed by atoms with Crippen molar-refractivity contribution in [2.45, 2.75) is 0 Å². The van der Waals surface area contributed by atoms with Crippen molar-refractivity contribution in [3.8, 4) is 34.5 Å². The average molecular weight is 388 g/mol. The molecule has 0 aliphatic carbocycles. The Morgan fingerprint density at radius 2 is 1.18 bits per heavy atom. The third-order valence-electron chi connectivity index (χ3n) is 4.08. The zero-order valence-corrected chi connectivity index (χ0v) is 16.8. The first-order chi connectivity index (χ1) is 13.5. The fourth-order valence-corrected chi connectivity index (χ4v) is 2.70. The molecule has 0 aliphatic rings. The molecule has 7 nitrogen and oxygen atoms in total. The maximum Gasteiger partial charge on any atom is 0.203 e. The van der Waals surface area contributed by atoms with Gasteiger partial charge in [-0.05, 0) is 23.8 Å². The number of benzene rings is 2. The summed E-state index contributed by atoms with van der Waals surface area (Å²) in [4.78, 5) is 12.8. The van der Waals surface area contributed by atoms with Gasteiger partial charge in [-0.3, -0.25) is 4.79 Å². The molecule has 0 radical (unpaired) electrons. The summed E-state index contributed by atoms with van der Waals surface area (Å²) in [6.45, 7) is 0. The van der Waals surface area contributed by atoms with Crippen LogP contribution >= 0.6 is 0 Å². The van der Waals surface area contributed by atoms with Crippen molar-refractivity contribution in [3.63, 3.8) is 0 Å². The monoisotopic (exact) mass is 388 g/mol. The highest BCUT2D eigenvalue weighted by molar-refractivity contribution is 6.10. The van der Waals surface area contributed by atoms with Crippen LogP contribution in [0.15, 0.2) is 30.3 Å². The highest BCUT2D eigenvalue weighted by Crippen LogP contribution is 2.39. The summed E-state index contributed by atoms with van der Waals surface area (Å²) < 4.78 is 31.8. The standard InChI is InChI=1S/C21H24O7/c1-23-14-11-16(24-2)20(17(12-14)25-3)15(22)8-7-13-9-18(26-4)21(28-6)19(10-13)27-5/h7-12H,1-6H3/b8-7+. The SMILES string of the molecule is COc1cc(OC)c(C(=O)/C=C/c2cc(OC)c(OC)c(OC)c2)c(OC)c1.